The van der Waals surface area contributed by atoms with Crippen molar-refractivity contribution in [1.29, 1.82) is 0 Å². The molecular weight excluding hydrogens is 278 g/mol. The second kappa shape index (κ2) is 6.35. The Bertz CT molecular complexity index is 709. The second-order valence-electron chi connectivity index (χ2n) is 5.54. The average molecular weight is 296 g/mol. The third-order valence-corrected chi connectivity index (χ3v) is 4.05. The van der Waals surface area contributed by atoms with Crippen LogP contribution in [0.4, 0.5) is 0 Å². The molecule has 0 radical (unpaired) electrons. The van der Waals surface area contributed by atoms with E-state index in [9.17, 15) is 0 Å². The van der Waals surface area contributed by atoms with Crippen LogP contribution in [0.15, 0.2) is 42.5 Å². The number of fused-ring (bicyclic) bond motifs is 1. The maximum Gasteiger partial charge on any atom is 0.0608 e. The molecule has 0 amide bonds. The zero-order chi connectivity index (χ0) is 14.7. The van der Waals surface area contributed by atoms with E-state index in [1.807, 2.05) is 24.3 Å². The molecule has 0 saturated carbocycles. The molecule has 0 aromatic heterocycles. The summed E-state index contributed by atoms with van der Waals surface area (Å²) in [5.74, 6) is 6.45. The number of aryl methyl sites for hydroxylation is 1. The number of hydrogen-bond donors (Lipinski definition) is 0. The van der Waals surface area contributed by atoms with E-state index in [0.717, 1.165) is 36.6 Å². The Hall–Kier alpha value is -1.75. The van der Waals surface area contributed by atoms with Gasteiger partial charge in [-0.25, -0.2) is 0 Å². The summed E-state index contributed by atoms with van der Waals surface area (Å²) < 4.78 is 0. The Morgan fingerprint density at radius 3 is 2.90 bits per heavy atom. The molecule has 0 spiro atoms. The third-order valence-electron chi connectivity index (χ3n) is 3.81. The summed E-state index contributed by atoms with van der Waals surface area (Å²) in [6, 6.07) is 14.5. The predicted molar refractivity (Wildman–Crippen MR) is 88.5 cm³/mol. The SMILES string of the molecule is Cc1ccc2c(c1)CN(CC#Cc1cccc(Cl)c1)CC2. The lowest BCUT2D eigenvalue weighted by Gasteiger charge is -2.27. The van der Waals surface area contributed by atoms with Crippen LogP contribution in [-0.2, 0) is 13.0 Å². The van der Waals surface area contributed by atoms with Crippen LogP contribution in [-0.4, -0.2) is 18.0 Å². The minimum absolute atomic E-state index is 0.740. The van der Waals surface area contributed by atoms with Gasteiger partial charge in [-0.05, 0) is 42.7 Å². The van der Waals surface area contributed by atoms with Crippen LogP contribution in [0, 0.1) is 18.8 Å². The van der Waals surface area contributed by atoms with E-state index in [4.69, 9.17) is 11.6 Å². The minimum atomic E-state index is 0.740. The molecule has 1 aliphatic rings. The van der Waals surface area contributed by atoms with E-state index < -0.39 is 0 Å². The normalized spacial score (nSPS) is 14.2. The first-order valence-corrected chi connectivity index (χ1v) is 7.64. The van der Waals surface area contributed by atoms with E-state index in [-0.39, 0.29) is 0 Å². The first-order chi connectivity index (χ1) is 10.2. The molecule has 3 rings (SSSR count). The fraction of sp³-hybridized carbons (Fsp3) is 0.263. The van der Waals surface area contributed by atoms with E-state index >= 15 is 0 Å². The van der Waals surface area contributed by atoms with Gasteiger partial charge < -0.3 is 0 Å². The average Bonchev–Trinajstić information content (AvgIpc) is 2.47. The van der Waals surface area contributed by atoms with Gasteiger partial charge in [0.2, 0.25) is 0 Å². The number of halogens is 1. The van der Waals surface area contributed by atoms with Crippen molar-refractivity contribution in [3.63, 3.8) is 0 Å². The molecule has 0 fully saturated rings. The standard InChI is InChI=1S/C19H18ClN/c1-15-7-8-17-9-11-21(14-18(17)12-15)10-3-5-16-4-2-6-19(20)13-16/h2,4,6-8,12-13H,9-11,14H2,1H3. The maximum absolute atomic E-state index is 5.97. The van der Waals surface area contributed by atoms with Crippen LogP contribution >= 0.6 is 11.6 Å². The van der Waals surface area contributed by atoms with E-state index in [1.165, 1.54) is 16.7 Å². The summed E-state index contributed by atoms with van der Waals surface area (Å²) in [6.07, 6.45) is 1.12. The molecule has 0 unspecified atom stereocenters. The molecular formula is C19H18ClN. The van der Waals surface area contributed by atoms with Crippen molar-refractivity contribution in [1.82, 2.24) is 4.90 Å². The van der Waals surface area contributed by atoms with Crippen molar-refractivity contribution in [3.8, 4) is 11.8 Å². The Morgan fingerprint density at radius 1 is 1.14 bits per heavy atom. The van der Waals surface area contributed by atoms with Gasteiger partial charge in [0.1, 0.15) is 0 Å². The monoisotopic (exact) mass is 295 g/mol. The van der Waals surface area contributed by atoms with Gasteiger partial charge >= 0.3 is 0 Å². The highest BCUT2D eigenvalue weighted by Gasteiger charge is 2.14. The minimum Gasteiger partial charge on any atom is -0.288 e. The van der Waals surface area contributed by atoms with Gasteiger partial charge in [0.25, 0.3) is 0 Å². The zero-order valence-electron chi connectivity index (χ0n) is 12.2. The van der Waals surface area contributed by atoms with E-state index in [0.29, 0.717) is 0 Å². The van der Waals surface area contributed by atoms with Gasteiger partial charge in [-0.1, -0.05) is 53.3 Å². The topological polar surface area (TPSA) is 3.24 Å². The third kappa shape index (κ3) is 3.67. The summed E-state index contributed by atoms with van der Waals surface area (Å²) in [5.41, 5.74) is 5.25. The Morgan fingerprint density at radius 2 is 2.05 bits per heavy atom. The summed E-state index contributed by atoms with van der Waals surface area (Å²) in [5, 5.41) is 0.740. The number of benzene rings is 2. The fourth-order valence-corrected chi connectivity index (χ4v) is 2.89. The highest BCUT2D eigenvalue weighted by atomic mass is 35.5. The Labute approximate surface area is 131 Å². The molecule has 106 valence electrons. The molecule has 2 heteroatoms. The number of nitrogens with zero attached hydrogens (tertiary/aromatic N) is 1. The first-order valence-electron chi connectivity index (χ1n) is 7.26. The number of hydrogen-bond acceptors (Lipinski definition) is 1. The molecule has 2 aromatic rings. The van der Waals surface area contributed by atoms with Gasteiger partial charge in [0.15, 0.2) is 0 Å². The molecule has 2 aromatic carbocycles. The van der Waals surface area contributed by atoms with Crippen molar-refractivity contribution >= 4 is 11.6 Å². The second-order valence-corrected chi connectivity index (χ2v) is 5.98. The highest BCUT2D eigenvalue weighted by Crippen LogP contribution is 2.19. The van der Waals surface area contributed by atoms with Crippen LogP contribution in [0.25, 0.3) is 0 Å². The Balaban J connectivity index is 1.65. The van der Waals surface area contributed by atoms with Crippen molar-refractivity contribution in [2.24, 2.45) is 0 Å². The van der Waals surface area contributed by atoms with E-state index in [2.05, 4.69) is 41.9 Å². The lowest BCUT2D eigenvalue weighted by Crippen LogP contribution is -2.30. The van der Waals surface area contributed by atoms with Crippen LogP contribution in [0.5, 0.6) is 0 Å². The molecule has 1 aliphatic heterocycles. The van der Waals surface area contributed by atoms with Crippen LogP contribution < -0.4 is 0 Å². The molecule has 0 N–H and O–H groups in total. The van der Waals surface area contributed by atoms with Crippen molar-refractivity contribution in [2.75, 3.05) is 13.1 Å². The lowest BCUT2D eigenvalue weighted by molar-refractivity contribution is 0.286. The van der Waals surface area contributed by atoms with Gasteiger partial charge in [-0.3, -0.25) is 4.90 Å². The largest absolute Gasteiger partial charge is 0.288 e. The molecule has 0 aliphatic carbocycles. The molecule has 1 heterocycles. The van der Waals surface area contributed by atoms with Gasteiger partial charge in [-0.15, -0.1) is 0 Å². The molecule has 0 atom stereocenters. The smallest absolute Gasteiger partial charge is 0.0608 e. The molecule has 1 nitrogen and oxygen atoms in total. The van der Waals surface area contributed by atoms with Gasteiger partial charge in [-0.2, -0.15) is 0 Å². The molecule has 0 saturated heterocycles. The number of rotatable bonds is 1. The fourth-order valence-electron chi connectivity index (χ4n) is 2.70. The quantitative estimate of drug-likeness (QED) is 0.717. The first kappa shape index (κ1) is 14.2. The van der Waals surface area contributed by atoms with Crippen molar-refractivity contribution in [2.45, 2.75) is 19.9 Å². The maximum atomic E-state index is 5.97. The van der Waals surface area contributed by atoms with Crippen LogP contribution in [0.1, 0.15) is 22.3 Å². The molecule has 21 heavy (non-hydrogen) atoms. The van der Waals surface area contributed by atoms with Crippen molar-refractivity contribution in [3.05, 3.63) is 69.7 Å². The zero-order valence-corrected chi connectivity index (χ0v) is 13.0. The predicted octanol–water partition coefficient (Wildman–Crippen LogP) is 4.06. The van der Waals surface area contributed by atoms with Crippen LogP contribution in [0.2, 0.25) is 5.02 Å². The van der Waals surface area contributed by atoms with Crippen molar-refractivity contribution < 1.29 is 0 Å². The highest BCUT2D eigenvalue weighted by molar-refractivity contribution is 6.30. The van der Waals surface area contributed by atoms with Crippen LogP contribution in [0.3, 0.4) is 0 Å². The Kier molecular flexibility index (Phi) is 4.29. The summed E-state index contributed by atoms with van der Waals surface area (Å²) in [6.45, 7) is 5.04. The van der Waals surface area contributed by atoms with E-state index in [1.54, 1.807) is 0 Å². The van der Waals surface area contributed by atoms with Gasteiger partial charge in [0, 0.05) is 23.7 Å². The lowest BCUT2D eigenvalue weighted by atomic mass is 9.98. The van der Waals surface area contributed by atoms with Gasteiger partial charge in [0.05, 0.1) is 6.54 Å². The summed E-state index contributed by atoms with van der Waals surface area (Å²) in [4.78, 5) is 2.40. The summed E-state index contributed by atoms with van der Waals surface area (Å²) >= 11 is 5.97. The summed E-state index contributed by atoms with van der Waals surface area (Å²) in [7, 11) is 0. The molecule has 0 bridgehead atoms.